The van der Waals surface area contributed by atoms with Gasteiger partial charge in [0.2, 0.25) is 0 Å². The fraction of sp³-hybridized carbons (Fsp3) is 0.321. The lowest BCUT2D eigenvalue weighted by atomic mass is 10.0. The first-order chi connectivity index (χ1) is 16.7. The SMILES string of the molecule is O=C(CCl)[C@@H]1O[C@H](COCc2ccccc2)[C@@H](OCc2ccccc2)[C@H]1OCc1ccccc1. The molecule has 0 aromatic heterocycles. The summed E-state index contributed by atoms with van der Waals surface area (Å²) in [5, 5.41) is 0. The van der Waals surface area contributed by atoms with Gasteiger partial charge in [0.05, 0.1) is 32.3 Å². The maximum Gasteiger partial charge on any atom is 0.179 e. The summed E-state index contributed by atoms with van der Waals surface area (Å²) in [6.45, 7) is 1.42. The van der Waals surface area contributed by atoms with Gasteiger partial charge in [0.1, 0.15) is 24.4 Å². The number of carbonyl (C=O) groups excluding carboxylic acids is 1. The Morgan fingerprint density at radius 3 is 1.68 bits per heavy atom. The van der Waals surface area contributed by atoms with Crippen molar-refractivity contribution >= 4 is 17.4 Å². The normalized spacial score (nSPS) is 22.0. The summed E-state index contributed by atoms with van der Waals surface area (Å²) in [5.74, 6) is -0.377. The molecule has 3 aromatic carbocycles. The molecule has 6 heteroatoms. The van der Waals surface area contributed by atoms with E-state index in [1.54, 1.807) is 0 Å². The monoisotopic (exact) mass is 480 g/mol. The zero-order chi connectivity index (χ0) is 23.6. The molecule has 0 bridgehead atoms. The van der Waals surface area contributed by atoms with Crippen molar-refractivity contribution in [1.29, 1.82) is 0 Å². The fourth-order valence-electron chi connectivity index (χ4n) is 3.98. The molecule has 0 aliphatic carbocycles. The molecule has 0 N–H and O–H groups in total. The lowest BCUT2D eigenvalue weighted by Gasteiger charge is -2.25. The van der Waals surface area contributed by atoms with E-state index in [2.05, 4.69) is 0 Å². The lowest BCUT2D eigenvalue weighted by Crippen LogP contribution is -2.41. The Bertz CT molecular complexity index is 999. The molecule has 4 atom stereocenters. The number of hydrogen-bond donors (Lipinski definition) is 0. The number of benzene rings is 3. The minimum Gasteiger partial charge on any atom is -0.374 e. The van der Waals surface area contributed by atoms with E-state index in [-0.39, 0.29) is 18.3 Å². The molecule has 34 heavy (non-hydrogen) atoms. The second-order valence-corrected chi connectivity index (χ2v) is 8.49. The minimum absolute atomic E-state index is 0.154. The van der Waals surface area contributed by atoms with E-state index in [0.717, 1.165) is 16.7 Å². The average Bonchev–Trinajstić information content (AvgIpc) is 3.24. The van der Waals surface area contributed by atoms with Gasteiger partial charge in [-0.25, -0.2) is 0 Å². The van der Waals surface area contributed by atoms with Gasteiger partial charge in [-0.15, -0.1) is 11.6 Å². The van der Waals surface area contributed by atoms with E-state index in [4.69, 9.17) is 30.5 Å². The summed E-state index contributed by atoms with van der Waals surface area (Å²) < 4.78 is 24.6. The zero-order valence-corrected chi connectivity index (χ0v) is 19.7. The number of rotatable bonds is 12. The first-order valence-corrected chi connectivity index (χ1v) is 11.9. The van der Waals surface area contributed by atoms with Crippen molar-refractivity contribution in [2.45, 2.75) is 44.2 Å². The summed E-state index contributed by atoms with van der Waals surface area (Å²) in [5.41, 5.74) is 3.10. The summed E-state index contributed by atoms with van der Waals surface area (Å²) in [6.07, 6.45) is -2.37. The van der Waals surface area contributed by atoms with Crippen LogP contribution >= 0.6 is 11.6 Å². The van der Waals surface area contributed by atoms with Crippen molar-refractivity contribution in [2.75, 3.05) is 12.5 Å². The van der Waals surface area contributed by atoms with Crippen molar-refractivity contribution in [1.82, 2.24) is 0 Å². The molecule has 5 nitrogen and oxygen atoms in total. The van der Waals surface area contributed by atoms with Crippen LogP contribution in [0.1, 0.15) is 16.7 Å². The van der Waals surface area contributed by atoms with Gasteiger partial charge in [-0.05, 0) is 16.7 Å². The Morgan fingerprint density at radius 2 is 1.18 bits per heavy atom. The molecule has 4 rings (SSSR count). The Kier molecular flexibility index (Phi) is 9.25. The molecular weight excluding hydrogens is 452 g/mol. The number of halogens is 1. The van der Waals surface area contributed by atoms with Crippen molar-refractivity contribution in [2.24, 2.45) is 0 Å². The summed E-state index contributed by atoms with van der Waals surface area (Å²) in [7, 11) is 0. The molecule has 1 saturated heterocycles. The molecule has 1 aliphatic heterocycles. The van der Waals surface area contributed by atoms with Gasteiger partial charge in [0, 0.05) is 0 Å². The molecule has 0 unspecified atom stereocenters. The van der Waals surface area contributed by atoms with Gasteiger partial charge >= 0.3 is 0 Å². The second kappa shape index (κ2) is 12.8. The van der Waals surface area contributed by atoms with Crippen molar-refractivity contribution in [3.05, 3.63) is 108 Å². The largest absolute Gasteiger partial charge is 0.374 e. The molecule has 1 aliphatic rings. The van der Waals surface area contributed by atoms with E-state index in [0.29, 0.717) is 19.8 Å². The number of carbonyl (C=O) groups is 1. The zero-order valence-electron chi connectivity index (χ0n) is 18.9. The highest BCUT2D eigenvalue weighted by molar-refractivity contribution is 6.28. The quantitative estimate of drug-likeness (QED) is 0.343. The summed E-state index contributed by atoms with van der Waals surface area (Å²) in [6, 6.07) is 29.6. The predicted octanol–water partition coefficient (Wildman–Crippen LogP) is 4.95. The van der Waals surface area contributed by atoms with Gasteiger partial charge < -0.3 is 18.9 Å². The highest BCUT2D eigenvalue weighted by Crippen LogP contribution is 2.30. The summed E-state index contributed by atoms with van der Waals surface area (Å²) >= 11 is 5.91. The molecule has 0 radical (unpaired) electrons. The number of hydrogen-bond acceptors (Lipinski definition) is 5. The molecule has 1 heterocycles. The van der Waals surface area contributed by atoms with Gasteiger partial charge in [-0.3, -0.25) is 4.79 Å². The molecule has 0 spiro atoms. The number of Topliss-reactive ketones (excluding diaryl/α,β-unsaturated/α-hetero) is 1. The lowest BCUT2D eigenvalue weighted by molar-refractivity contribution is -0.135. The molecule has 178 valence electrons. The molecule has 0 amide bonds. The topological polar surface area (TPSA) is 54.0 Å². The van der Waals surface area contributed by atoms with E-state index >= 15 is 0 Å². The third kappa shape index (κ3) is 6.75. The summed E-state index contributed by atoms with van der Waals surface area (Å²) in [4.78, 5) is 12.7. The van der Waals surface area contributed by atoms with E-state index in [1.165, 1.54) is 0 Å². The maximum absolute atomic E-state index is 12.7. The Morgan fingerprint density at radius 1 is 0.706 bits per heavy atom. The highest BCUT2D eigenvalue weighted by atomic mass is 35.5. The predicted molar refractivity (Wildman–Crippen MR) is 131 cm³/mol. The van der Waals surface area contributed by atoms with E-state index in [9.17, 15) is 4.79 Å². The number of ketones is 1. The Hall–Kier alpha value is -2.54. The van der Waals surface area contributed by atoms with Crippen LogP contribution in [0.2, 0.25) is 0 Å². The standard InChI is InChI=1S/C28H29ClO5/c29-16-24(30)26-28(33-19-23-14-8-3-9-15-23)27(32-18-22-12-6-2-7-13-22)25(34-26)20-31-17-21-10-4-1-5-11-21/h1-15,25-28H,16-20H2/t25-,26+,27-,28+/m1/s1. The van der Waals surface area contributed by atoms with Crippen molar-refractivity contribution in [3.63, 3.8) is 0 Å². The highest BCUT2D eigenvalue weighted by Gasteiger charge is 2.49. The van der Waals surface area contributed by atoms with Crippen molar-refractivity contribution < 1.29 is 23.7 Å². The van der Waals surface area contributed by atoms with Crippen LogP contribution in [0.15, 0.2) is 91.0 Å². The minimum atomic E-state index is -0.813. The number of ether oxygens (including phenoxy) is 4. The van der Waals surface area contributed by atoms with Gasteiger partial charge in [-0.1, -0.05) is 91.0 Å². The first-order valence-electron chi connectivity index (χ1n) is 11.4. The van der Waals surface area contributed by atoms with Crippen LogP contribution in [0.25, 0.3) is 0 Å². The number of alkyl halides is 1. The van der Waals surface area contributed by atoms with Gasteiger partial charge in [-0.2, -0.15) is 0 Å². The maximum atomic E-state index is 12.7. The van der Waals surface area contributed by atoms with E-state index in [1.807, 2.05) is 91.0 Å². The van der Waals surface area contributed by atoms with Crippen molar-refractivity contribution in [3.8, 4) is 0 Å². The molecule has 1 fully saturated rings. The first kappa shape index (κ1) is 24.6. The van der Waals surface area contributed by atoms with Gasteiger partial charge in [0.25, 0.3) is 0 Å². The Labute approximate surface area is 205 Å². The van der Waals surface area contributed by atoms with Crippen LogP contribution in [-0.2, 0) is 43.6 Å². The van der Waals surface area contributed by atoms with Crippen LogP contribution in [0, 0.1) is 0 Å². The van der Waals surface area contributed by atoms with Crippen LogP contribution in [-0.4, -0.2) is 42.7 Å². The van der Waals surface area contributed by atoms with Crippen LogP contribution in [0.5, 0.6) is 0 Å². The second-order valence-electron chi connectivity index (χ2n) is 8.22. The average molecular weight is 481 g/mol. The van der Waals surface area contributed by atoms with Crippen LogP contribution in [0.3, 0.4) is 0 Å². The fourth-order valence-corrected chi connectivity index (χ4v) is 4.13. The Balaban J connectivity index is 1.48. The molecule has 3 aromatic rings. The third-order valence-electron chi connectivity index (χ3n) is 5.72. The van der Waals surface area contributed by atoms with Crippen LogP contribution < -0.4 is 0 Å². The molecular formula is C28H29ClO5. The van der Waals surface area contributed by atoms with E-state index < -0.39 is 24.4 Å². The third-order valence-corrected chi connectivity index (χ3v) is 5.99. The van der Waals surface area contributed by atoms with Gasteiger partial charge in [0.15, 0.2) is 5.78 Å². The molecule has 0 saturated carbocycles. The smallest absolute Gasteiger partial charge is 0.179 e. The van der Waals surface area contributed by atoms with Crippen LogP contribution in [0.4, 0.5) is 0 Å².